The molecule has 1 aromatic carbocycles. The molecule has 1 aliphatic heterocycles. The van der Waals surface area contributed by atoms with E-state index in [9.17, 15) is 8.42 Å². The van der Waals surface area contributed by atoms with E-state index in [0.29, 0.717) is 4.90 Å². The van der Waals surface area contributed by atoms with Gasteiger partial charge in [-0.2, -0.15) is 0 Å². The maximum absolute atomic E-state index is 11.9. The van der Waals surface area contributed by atoms with Crippen LogP contribution in [0.3, 0.4) is 0 Å². The lowest BCUT2D eigenvalue weighted by molar-refractivity contribution is 0.287. The lowest BCUT2D eigenvalue weighted by atomic mass is 10.0. The van der Waals surface area contributed by atoms with Crippen molar-refractivity contribution in [1.82, 2.24) is 0 Å². The Morgan fingerprint density at radius 3 is 2.81 bits per heavy atom. The number of hydrogen-bond acceptors (Lipinski definition) is 3. The van der Waals surface area contributed by atoms with Crippen LogP contribution in [0.2, 0.25) is 0 Å². The smallest absolute Gasteiger partial charge is 0.178 e. The average Bonchev–Trinajstić information content (AvgIpc) is 2.29. The second-order valence-electron chi connectivity index (χ2n) is 4.02. The highest BCUT2D eigenvalue weighted by atomic mass is 32.2. The van der Waals surface area contributed by atoms with Gasteiger partial charge < -0.3 is 4.74 Å². The van der Waals surface area contributed by atoms with Crippen LogP contribution >= 0.6 is 0 Å². The standard InChI is InChI=1S/C12H16O3S/c1-3-16(13,14)12-7-6-11-10(9(12)2)5-4-8-15-11/h6-7H,3-5,8H2,1-2H3. The molecule has 0 aromatic heterocycles. The van der Waals surface area contributed by atoms with Crippen LogP contribution in [-0.4, -0.2) is 20.8 Å². The molecular formula is C12H16O3S. The third-order valence-electron chi connectivity index (χ3n) is 3.05. The predicted octanol–water partition coefficient (Wildman–Crippen LogP) is 2.11. The zero-order valence-electron chi connectivity index (χ0n) is 9.62. The van der Waals surface area contributed by atoms with Crippen LogP contribution in [0.25, 0.3) is 0 Å². The Labute approximate surface area is 96.4 Å². The summed E-state index contributed by atoms with van der Waals surface area (Å²) in [6.45, 7) is 4.27. The van der Waals surface area contributed by atoms with Gasteiger partial charge in [0.2, 0.25) is 0 Å². The molecule has 1 aromatic rings. The minimum atomic E-state index is -3.12. The summed E-state index contributed by atoms with van der Waals surface area (Å²) in [5.41, 5.74) is 1.92. The number of fused-ring (bicyclic) bond motifs is 1. The first-order chi connectivity index (χ1) is 7.56. The molecule has 16 heavy (non-hydrogen) atoms. The molecule has 0 saturated carbocycles. The second kappa shape index (κ2) is 4.09. The molecule has 0 unspecified atom stereocenters. The van der Waals surface area contributed by atoms with Gasteiger partial charge in [0.15, 0.2) is 9.84 Å². The molecule has 0 bridgehead atoms. The second-order valence-corrected chi connectivity index (χ2v) is 6.27. The van der Waals surface area contributed by atoms with Crippen molar-refractivity contribution < 1.29 is 13.2 Å². The zero-order chi connectivity index (χ0) is 11.8. The Hall–Kier alpha value is -1.03. The summed E-state index contributed by atoms with van der Waals surface area (Å²) in [5.74, 6) is 0.992. The minimum Gasteiger partial charge on any atom is -0.493 e. The van der Waals surface area contributed by atoms with Crippen LogP contribution in [0, 0.1) is 6.92 Å². The monoisotopic (exact) mass is 240 g/mol. The van der Waals surface area contributed by atoms with E-state index in [2.05, 4.69) is 0 Å². The van der Waals surface area contributed by atoms with Crippen LogP contribution in [-0.2, 0) is 16.3 Å². The molecule has 0 amide bonds. The summed E-state index contributed by atoms with van der Waals surface area (Å²) in [7, 11) is -3.12. The molecule has 1 heterocycles. The van der Waals surface area contributed by atoms with Crippen molar-refractivity contribution in [3.05, 3.63) is 23.3 Å². The summed E-state index contributed by atoms with van der Waals surface area (Å²) in [4.78, 5) is 0.458. The number of rotatable bonds is 2. The van der Waals surface area contributed by atoms with E-state index in [4.69, 9.17) is 4.74 Å². The molecule has 0 radical (unpaired) electrons. The summed E-state index contributed by atoms with van der Waals surface area (Å²) in [5, 5.41) is 0. The third-order valence-corrected chi connectivity index (χ3v) is 4.92. The number of sulfone groups is 1. The van der Waals surface area contributed by atoms with Gasteiger partial charge in [-0.05, 0) is 43.0 Å². The molecule has 0 N–H and O–H groups in total. The van der Waals surface area contributed by atoms with Crippen molar-refractivity contribution in [2.24, 2.45) is 0 Å². The first-order valence-electron chi connectivity index (χ1n) is 5.54. The molecule has 88 valence electrons. The topological polar surface area (TPSA) is 43.4 Å². The molecule has 0 atom stereocenters. The molecule has 1 aliphatic rings. The lowest BCUT2D eigenvalue weighted by Gasteiger charge is -2.20. The van der Waals surface area contributed by atoms with Gasteiger partial charge in [0.25, 0.3) is 0 Å². The lowest BCUT2D eigenvalue weighted by Crippen LogP contribution is -2.13. The molecule has 4 heteroatoms. The van der Waals surface area contributed by atoms with E-state index in [-0.39, 0.29) is 5.75 Å². The number of hydrogen-bond donors (Lipinski definition) is 0. The number of ether oxygens (including phenoxy) is 1. The fourth-order valence-electron chi connectivity index (χ4n) is 2.08. The molecule has 0 spiro atoms. The highest BCUT2D eigenvalue weighted by Crippen LogP contribution is 2.31. The van der Waals surface area contributed by atoms with Gasteiger partial charge in [-0.25, -0.2) is 8.42 Å². The van der Waals surface area contributed by atoms with Crippen molar-refractivity contribution in [1.29, 1.82) is 0 Å². The van der Waals surface area contributed by atoms with Gasteiger partial charge in [-0.1, -0.05) is 6.92 Å². The molecule has 0 aliphatic carbocycles. The third kappa shape index (κ3) is 1.82. The fourth-order valence-corrected chi connectivity index (χ4v) is 3.26. The SMILES string of the molecule is CCS(=O)(=O)c1ccc2c(c1C)CCCO2. The number of benzene rings is 1. The normalized spacial score (nSPS) is 15.4. The van der Waals surface area contributed by atoms with Crippen molar-refractivity contribution in [3.8, 4) is 5.75 Å². The van der Waals surface area contributed by atoms with Gasteiger partial charge in [0.05, 0.1) is 17.3 Å². The van der Waals surface area contributed by atoms with E-state index in [1.807, 2.05) is 6.92 Å². The highest BCUT2D eigenvalue weighted by molar-refractivity contribution is 7.91. The van der Waals surface area contributed by atoms with Gasteiger partial charge in [0, 0.05) is 0 Å². The van der Waals surface area contributed by atoms with Gasteiger partial charge >= 0.3 is 0 Å². The van der Waals surface area contributed by atoms with Crippen LogP contribution in [0.15, 0.2) is 17.0 Å². The van der Waals surface area contributed by atoms with Crippen molar-refractivity contribution in [2.45, 2.75) is 31.6 Å². The van der Waals surface area contributed by atoms with Gasteiger partial charge in [-0.15, -0.1) is 0 Å². The van der Waals surface area contributed by atoms with Crippen LogP contribution in [0.4, 0.5) is 0 Å². The molecule has 3 nitrogen and oxygen atoms in total. The Balaban J connectivity index is 2.59. The summed E-state index contributed by atoms with van der Waals surface area (Å²) >= 11 is 0. The summed E-state index contributed by atoms with van der Waals surface area (Å²) in [6.07, 6.45) is 1.87. The molecule has 2 rings (SSSR count). The zero-order valence-corrected chi connectivity index (χ0v) is 10.4. The van der Waals surface area contributed by atoms with E-state index < -0.39 is 9.84 Å². The molecular weight excluding hydrogens is 224 g/mol. The largest absolute Gasteiger partial charge is 0.493 e. The van der Waals surface area contributed by atoms with Crippen LogP contribution in [0.5, 0.6) is 5.75 Å². The van der Waals surface area contributed by atoms with E-state index >= 15 is 0 Å². The molecule has 0 fully saturated rings. The minimum absolute atomic E-state index is 0.146. The van der Waals surface area contributed by atoms with Gasteiger partial charge in [-0.3, -0.25) is 0 Å². The average molecular weight is 240 g/mol. The Morgan fingerprint density at radius 1 is 1.38 bits per heavy atom. The Bertz CT molecular complexity index is 503. The first kappa shape index (κ1) is 11.5. The van der Waals surface area contributed by atoms with Crippen molar-refractivity contribution in [3.63, 3.8) is 0 Å². The highest BCUT2D eigenvalue weighted by Gasteiger charge is 2.21. The maximum atomic E-state index is 11.9. The Kier molecular flexibility index (Phi) is 2.93. The van der Waals surface area contributed by atoms with Crippen molar-refractivity contribution in [2.75, 3.05) is 12.4 Å². The van der Waals surface area contributed by atoms with Crippen LogP contribution in [0.1, 0.15) is 24.5 Å². The predicted molar refractivity (Wildman–Crippen MR) is 62.7 cm³/mol. The van der Waals surface area contributed by atoms with E-state index in [1.165, 1.54) is 0 Å². The summed E-state index contributed by atoms with van der Waals surface area (Å²) in [6, 6.07) is 3.45. The quantitative estimate of drug-likeness (QED) is 0.795. The first-order valence-corrected chi connectivity index (χ1v) is 7.19. The fraction of sp³-hybridized carbons (Fsp3) is 0.500. The summed E-state index contributed by atoms with van der Waals surface area (Å²) < 4.78 is 29.2. The van der Waals surface area contributed by atoms with Crippen LogP contribution < -0.4 is 4.74 Å². The van der Waals surface area contributed by atoms with Crippen molar-refractivity contribution >= 4 is 9.84 Å². The van der Waals surface area contributed by atoms with E-state index in [0.717, 1.165) is 36.3 Å². The van der Waals surface area contributed by atoms with Gasteiger partial charge in [0.1, 0.15) is 5.75 Å². The van der Waals surface area contributed by atoms with E-state index in [1.54, 1.807) is 19.1 Å². The molecule has 0 saturated heterocycles. The maximum Gasteiger partial charge on any atom is 0.178 e. The Morgan fingerprint density at radius 2 is 2.12 bits per heavy atom.